The summed E-state index contributed by atoms with van der Waals surface area (Å²) >= 11 is 1.70. The van der Waals surface area contributed by atoms with Crippen molar-refractivity contribution in [2.45, 2.75) is 17.9 Å². The number of anilines is 1. The summed E-state index contributed by atoms with van der Waals surface area (Å²) in [4.78, 5) is 13.3. The van der Waals surface area contributed by atoms with Crippen LogP contribution in [0.3, 0.4) is 0 Å². The van der Waals surface area contributed by atoms with Crippen molar-refractivity contribution in [3.05, 3.63) is 59.7 Å². The topological polar surface area (TPSA) is 55.1 Å². The summed E-state index contributed by atoms with van der Waals surface area (Å²) < 4.78 is 0. The Morgan fingerprint density at radius 3 is 2.50 bits per heavy atom. The van der Waals surface area contributed by atoms with Crippen LogP contribution >= 0.6 is 11.8 Å². The van der Waals surface area contributed by atoms with E-state index in [2.05, 4.69) is 17.4 Å². The molecule has 0 aliphatic carbocycles. The highest BCUT2D eigenvalue weighted by Gasteiger charge is 2.11. The van der Waals surface area contributed by atoms with E-state index in [-0.39, 0.29) is 11.9 Å². The summed E-state index contributed by atoms with van der Waals surface area (Å²) in [6, 6.07) is 15.1. The number of thioether (sulfide) groups is 1. The van der Waals surface area contributed by atoms with Gasteiger partial charge >= 0.3 is 0 Å². The van der Waals surface area contributed by atoms with Crippen LogP contribution < -0.4 is 11.1 Å². The summed E-state index contributed by atoms with van der Waals surface area (Å²) in [5.74, 6) is -0.112. The van der Waals surface area contributed by atoms with Crippen LogP contribution in [0.2, 0.25) is 0 Å². The quantitative estimate of drug-likeness (QED) is 0.668. The minimum absolute atomic E-state index is 0.0418. The van der Waals surface area contributed by atoms with E-state index in [1.54, 1.807) is 36.0 Å². The Balaban J connectivity index is 2.06. The van der Waals surface area contributed by atoms with Crippen molar-refractivity contribution in [2.24, 2.45) is 0 Å². The van der Waals surface area contributed by atoms with Gasteiger partial charge in [0.05, 0.1) is 6.04 Å². The maximum atomic E-state index is 12.1. The number of nitrogens with two attached hydrogens (primary N) is 1. The molecule has 3 nitrogen and oxygen atoms in total. The maximum absolute atomic E-state index is 12.1. The van der Waals surface area contributed by atoms with E-state index >= 15 is 0 Å². The molecular formula is C16H18N2OS. The fraction of sp³-hybridized carbons (Fsp3) is 0.188. The van der Waals surface area contributed by atoms with Crippen LogP contribution in [-0.4, -0.2) is 12.2 Å². The minimum Gasteiger partial charge on any atom is -0.399 e. The molecular weight excluding hydrogens is 268 g/mol. The second kappa shape index (κ2) is 6.48. The molecule has 0 saturated heterocycles. The summed E-state index contributed by atoms with van der Waals surface area (Å²) in [5.41, 5.74) is 7.94. The van der Waals surface area contributed by atoms with Crippen LogP contribution in [-0.2, 0) is 0 Å². The number of amides is 1. The van der Waals surface area contributed by atoms with Crippen molar-refractivity contribution in [3.63, 3.8) is 0 Å². The molecule has 0 saturated carbocycles. The SMILES string of the molecule is CSc1ccc(C(C)NC(=O)c2cccc(N)c2)cc1. The van der Waals surface area contributed by atoms with Crippen molar-refractivity contribution in [1.82, 2.24) is 5.32 Å². The van der Waals surface area contributed by atoms with Crippen LogP contribution in [0.4, 0.5) is 5.69 Å². The van der Waals surface area contributed by atoms with E-state index < -0.39 is 0 Å². The zero-order valence-corrected chi connectivity index (χ0v) is 12.4. The zero-order chi connectivity index (χ0) is 14.5. The van der Waals surface area contributed by atoms with E-state index in [1.807, 2.05) is 25.3 Å². The third kappa shape index (κ3) is 3.54. The Hall–Kier alpha value is -1.94. The number of carbonyl (C=O) groups excluding carboxylic acids is 1. The van der Waals surface area contributed by atoms with Gasteiger partial charge in [-0.3, -0.25) is 4.79 Å². The Bertz CT molecular complexity index is 596. The van der Waals surface area contributed by atoms with Gasteiger partial charge in [-0.15, -0.1) is 11.8 Å². The molecule has 0 fully saturated rings. The molecule has 1 amide bonds. The summed E-state index contributed by atoms with van der Waals surface area (Å²) in [6.07, 6.45) is 2.04. The van der Waals surface area contributed by atoms with E-state index in [0.717, 1.165) is 5.56 Å². The smallest absolute Gasteiger partial charge is 0.251 e. The largest absolute Gasteiger partial charge is 0.399 e. The lowest BCUT2D eigenvalue weighted by atomic mass is 10.1. The summed E-state index contributed by atoms with van der Waals surface area (Å²) in [6.45, 7) is 1.97. The highest BCUT2D eigenvalue weighted by molar-refractivity contribution is 7.98. The number of nitrogens with one attached hydrogen (secondary N) is 1. The van der Waals surface area contributed by atoms with Crippen LogP contribution in [0, 0.1) is 0 Å². The molecule has 0 radical (unpaired) electrons. The molecule has 2 aromatic carbocycles. The van der Waals surface area contributed by atoms with Gasteiger partial charge in [-0.1, -0.05) is 18.2 Å². The predicted molar refractivity (Wildman–Crippen MR) is 85.0 cm³/mol. The van der Waals surface area contributed by atoms with Crippen LogP contribution in [0.15, 0.2) is 53.4 Å². The molecule has 1 unspecified atom stereocenters. The van der Waals surface area contributed by atoms with E-state index in [9.17, 15) is 4.79 Å². The Kier molecular flexibility index (Phi) is 4.69. The van der Waals surface area contributed by atoms with Crippen molar-refractivity contribution in [1.29, 1.82) is 0 Å². The standard InChI is InChI=1S/C16H18N2OS/c1-11(12-6-8-15(20-2)9-7-12)18-16(19)13-4-3-5-14(17)10-13/h3-11H,17H2,1-2H3,(H,18,19). The van der Waals surface area contributed by atoms with Gasteiger partial charge in [0.1, 0.15) is 0 Å². The predicted octanol–water partition coefficient (Wildman–Crippen LogP) is 3.48. The number of carbonyl (C=O) groups is 1. The molecule has 0 spiro atoms. The van der Waals surface area contributed by atoms with Gasteiger partial charge in [0.2, 0.25) is 0 Å². The average molecular weight is 286 g/mol. The van der Waals surface area contributed by atoms with Gasteiger partial charge in [0.15, 0.2) is 0 Å². The second-order valence-electron chi connectivity index (χ2n) is 4.59. The van der Waals surface area contributed by atoms with Gasteiger partial charge in [-0.2, -0.15) is 0 Å². The molecule has 104 valence electrons. The first-order chi connectivity index (χ1) is 9.60. The third-order valence-electron chi connectivity index (χ3n) is 3.11. The Labute approximate surface area is 123 Å². The number of hydrogen-bond acceptors (Lipinski definition) is 3. The third-order valence-corrected chi connectivity index (χ3v) is 3.86. The first-order valence-electron chi connectivity index (χ1n) is 6.40. The average Bonchev–Trinajstić information content (AvgIpc) is 2.47. The first kappa shape index (κ1) is 14.5. The van der Waals surface area contributed by atoms with Gasteiger partial charge < -0.3 is 11.1 Å². The monoisotopic (exact) mass is 286 g/mol. The highest BCUT2D eigenvalue weighted by Crippen LogP contribution is 2.19. The van der Waals surface area contributed by atoms with Crippen LogP contribution in [0.25, 0.3) is 0 Å². The highest BCUT2D eigenvalue weighted by atomic mass is 32.2. The van der Waals surface area contributed by atoms with E-state index in [4.69, 9.17) is 5.73 Å². The fourth-order valence-electron chi connectivity index (χ4n) is 1.94. The molecule has 0 aliphatic rings. The minimum atomic E-state index is -0.112. The zero-order valence-electron chi connectivity index (χ0n) is 11.6. The molecule has 2 aromatic rings. The first-order valence-corrected chi connectivity index (χ1v) is 7.63. The number of rotatable bonds is 4. The van der Waals surface area contributed by atoms with Crippen molar-refractivity contribution in [2.75, 3.05) is 12.0 Å². The van der Waals surface area contributed by atoms with E-state index in [1.165, 1.54) is 4.90 Å². The molecule has 2 rings (SSSR count). The normalized spacial score (nSPS) is 11.9. The number of hydrogen-bond donors (Lipinski definition) is 2. The fourth-order valence-corrected chi connectivity index (χ4v) is 2.34. The lowest BCUT2D eigenvalue weighted by molar-refractivity contribution is 0.0940. The Morgan fingerprint density at radius 1 is 1.20 bits per heavy atom. The lowest BCUT2D eigenvalue weighted by Gasteiger charge is -2.15. The van der Waals surface area contributed by atoms with Crippen LogP contribution in [0.1, 0.15) is 28.9 Å². The second-order valence-corrected chi connectivity index (χ2v) is 5.47. The Morgan fingerprint density at radius 2 is 1.90 bits per heavy atom. The maximum Gasteiger partial charge on any atom is 0.251 e. The number of nitrogen functional groups attached to an aromatic ring is 1. The summed E-state index contributed by atoms with van der Waals surface area (Å²) in [5, 5.41) is 2.98. The molecule has 4 heteroatoms. The molecule has 20 heavy (non-hydrogen) atoms. The molecule has 0 aliphatic heterocycles. The van der Waals surface area contributed by atoms with Gasteiger partial charge in [0.25, 0.3) is 5.91 Å². The van der Waals surface area contributed by atoms with Crippen molar-refractivity contribution >= 4 is 23.4 Å². The molecule has 0 heterocycles. The van der Waals surface area contributed by atoms with Gasteiger partial charge in [-0.05, 0) is 49.1 Å². The summed E-state index contributed by atoms with van der Waals surface area (Å²) in [7, 11) is 0. The molecule has 0 bridgehead atoms. The molecule has 0 aromatic heterocycles. The van der Waals surface area contributed by atoms with Gasteiger partial charge in [-0.25, -0.2) is 0 Å². The van der Waals surface area contributed by atoms with Gasteiger partial charge in [0, 0.05) is 16.1 Å². The van der Waals surface area contributed by atoms with Crippen molar-refractivity contribution in [3.8, 4) is 0 Å². The lowest BCUT2D eigenvalue weighted by Crippen LogP contribution is -2.26. The molecule has 1 atom stereocenters. The van der Waals surface area contributed by atoms with E-state index in [0.29, 0.717) is 11.3 Å². The molecule has 3 N–H and O–H groups in total. The van der Waals surface area contributed by atoms with Crippen LogP contribution in [0.5, 0.6) is 0 Å². The number of benzene rings is 2. The van der Waals surface area contributed by atoms with Crippen molar-refractivity contribution < 1.29 is 4.79 Å².